The molecular formula is C23H17F7. The van der Waals surface area contributed by atoms with Gasteiger partial charge in [0.05, 0.1) is 11.1 Å². The molecule has 0 aromatic heterocycles. The summed E-state index contributed by atoms with van der Waals surface area (Å²) in [6, 6.07) is 8.71. The summed E-state index contributed by atoms with van der Waals surface area (Å²) >= 11 is 0. The molecule has 0 nitrogen and oxygen atoms in total. The molecule has 0 bridgehead atoms. The maximum Gasteiger partial charge on any atom is 0.417 e. The fourth-order valence-corrected chi connectivity index (χ4v) is 3.35. The van der Waals surface area contributed by atoms with Crippen LogP contribution in [0.1, 0.15) is 35.6 Å². The molecule has 0 saturated carbocycles. The minimum atomic E-state index is -5.05. The predicted molar refractivity (Wildman–Crippen MR) is 103 cm³/mol. The van der Waals surface area contributed by atoms with Gasteiger partial charge in [0.15, 0.2) is 11.6 Å². The van der Waals surface area contributed by atoms with Crippen LogP contribution < -0.4 is 0 Å². The maximum atomic E-state index is 14.6. The summed E-state index contributed by atoms with van der Waals surface area (Å²) in [6.07, 6.45) is -3.37. The van der Waals surface area contributed by atoms with Crippen LogP contribution in [0, 0.1) is 11.6 Å². The predicted octanol–water partition coefficient (Wildman–Crippen LogP) is 7.61. The number of halogens is 7. The topological polar surface area (TPSA) is 0 Å². The summed E-state index contributed by atoms with van der Waals surface area (Å²) in [6.45, 7) is 0.361. The standard InChI is InChI=1S/C23H17F7/c1-13-7-8-15-11-17(21(26)22(27)19(15)20(13)25)18(23(28,29)30)10-9-16(12-24)14-5-3-2-4-6-14/h2-6,9-11H,7-8,12H2,1H3/b16-9+,18-10-. The van der Waals surface area contributed by atoms with Gasteiger partial charge in [-0.1, -0.05) is 36.4 Å². The Labute approximate surface area is 169 Å². The first-order valence-electron chi connectivity index (χ1n) is 9.11. The van der Waals surface area contributed by atoms with E-state index in [1.165, 1.54) is 19.1 Å². The highest BCUT2D eigenvalue weighted by Crippen LogP contribution is 2.41. The van der Waals surface area contributed by atoms with Crippen LogP contribution >= 0.6 is 0 Å². The smallest absolute Gasteiger partial charge is 0.246 e. The highest BCUT2D eigenvalue weighted by atomic mass is 19.4. The molecule has 2 aromatic rings. The Morgan fingerprint density at radius 1 is 0.967 bits per heavy atom. The summed E-state index contributed by atoms with van der Waals surface area (Å²) in [4.78, 5) is 0. The largest absolute Gasteiger partial charge is 0.417 e. The Hall–Kier alpha value is -2.83. The van der Waals surface area contributed by atoms with Gasteiger partial charge in [-0.25, -0.2) is 17.6 Å². The van der Waals surface area contributed by atoms with Crippen LogP contribution in [0.2, 0.25) is 0 Å². The molecule has 0 fully saturated rings. The molecule has 30 heavy (non-hydrogen) atoms. The van der Waals surface area contributed by atoms with E-state index < -0.39 is 47.0 Å². The van der Waals surface area contributed by atoms with Crippen molar-refractivity contribution in [3.05, 3.63) is 88.0 Å². The Bertz CT molecular complexity index is 1040. The van der Waals surface area contributed by atoms with Crippen molar-refractivity contribution in [2.45, 2.75) is 25.9 Å². The monoisotopic (exact) mass is 426 g/mol. The van der Waals surface area contributed by atoms with Crippen LogP contribution in [-0.4, -0.2) is 12.9 Å². The zero-order valence-electron chi connectivity index (χ0n) is 15.9. The van der Waals surface area contributed by atoms with E-state index in [0.29, 0.717) is 11.6 Å². The molecule has 1 aliphatic carbocycles. The molecule has 0 aliphatic heterocycles. The van der Waals surface area contributed by atoms with Crippen molar-refractivity contribution in [3.63, 3.8) is 0 Å². The van der Waals surface area contributed by atoms with Crippen LogP contribution in [0.4, 0.5) is 30.7 Å². The van der Waals surface area contributed by atoms with Crippen molar-refractivity contribution in [2.24, 2.45) is 0 Å². The lowest BCUT2D eigenvalue weighted by atomic mass is 9.88. The Kier molecular flexibility index (Phi) is 6.19. The summed E-state index contributed by atoms with van der Waals surface area (Å²) in [5.74, 6) is -4.41. The summed E-state index contributed by atoms with van der Waals surface area (Å²) in [5.41, 5.74) is -2.67. The molecule has 0 radical (unpaired) electrons. The third-order valence-corrected chi connectivity index (χ3v) is 4.99. The molecule has 0 amide bonds. The SMILES string of the molecule is CC1=C(F)c2c(cc(/C(=C/C=C(\CF)c3ccccc3)C(F)(F)F)c(F)c2F)CC1. The number of hydrogen-bond acceptors (Lipinski definition) is 0. The van der Waals surface area contributed by atoms with Gasteiger partial charge in [0, 0.05) is 5.56 Å². The Balaban J connectivity index is 2.18. The zero-order valence-corrected chi connectivity index (χ0v) is 15.9. The number of benzene rings is 2. The van der Waals surface area contributed by atoms with Gasteiger partial charge in [0.1, 0.15) is 12.5 Å². The van der Waals surface area contributed by atoms with Crippen LogP contribution in [-0.2, 0) is 6.42 Å². The third kappa shape index (κ3) is 4.20. The second-order valence-corrected chi connectivity index (χ2v) is 6.95. The summed E-state index contributed by atoms with van der Waals surface area (Å²) < 4.78 is 97.8. The summed E-state index contributed by atoms with van der Waals surface area (Å²) in [5, 5.41) is 0. The second-order valence-electron chi connectivity index (χ2n) is 6.95. The summed E-state index contributed by atoms with van der Waals surface area (Å²) in [7, 11) is 0. The minimum Gasteiger partial charge on any atom is -0.246 e. The molecule has 2 aromatic carbocycles. The van der Waals surface area contributed by atoms with E-state index in [9.17, 15) is 30.7 Å². The van der Waals surface area contributed by atoms with Gasteiger partial charge in [-0.15, -0.1) is 0 Å². The van der Waals surface area contributed by atoms with Crippen LogP contribution in [0.15, 0.2) is 54.1 Å². The average Bonchev–Trinajstić information content (AvgIpc) is 2.71. The molecule has 158 valence electrons. The zero-order chi connectivity index (χ0) is 22.1. The highest BCUT2D eigenvalue weighted by Gasteiger charge is 2.38. The van der Waals surface area contributed by atoms with Gasteiger partial charge in [-0.05, 0) is 54.2 Å². The Morgan fingerprint density at radius 3 is 2.23 bits per heavy atom. The van der Waals surface area contributed by atoms with E-state index in [0.717, 1.165) is 12.1 Å². The van der Waals surface area contributed by atoms with E-state index in [1.54, 1.807) is 18.2 Å². The van der Waals surface area contributed by atoms with Crippen molar-refractivity contribution in [3.8, 4) is 0 Å². The van der Waals surface area contributed by atoms with Gasteiger partial charge in [0.25, 0.3) is 0 Å². The molecule has 0 atom stereocenters. The molecule has 1 aliphatic rings. The number of fused-ring (bicyclic) bond motifs is 1. The van der Waals surface area contributed by atoms with Crippen molar-refractivity contribution in [1.29, 1.82) is 0 Å². The van der Waals surface area contributed by atoms with Crippen molar-refractivity contribution < 1.29 is 30.7 Å². The molecule has 3 rings (SSSR count). The van der Waals surface area contributed by atoms with E-state index in [1.807, 2.05) is 0 Å². The van der Waals surface area contributed by atoms with Crippen molar-refractivity contribution >= 4 is 17.0 Å². The first-order valence-corrected chi connectivity index (χ1v) is 9.11. The highest BCUT2D eigenvalue weighted by molar-refractivity contribution is 5.78. The lowest BCUT2D eigenvalue weighted by Gasteiger charge is -2.21. The minimum absolute atomic E-state index is 0.0418. The first-order chi connectivity index (χ1) is 14.1. The molecule has 0 N–H and O–H groups in total. The first kappa shape index (κ1) is 21.9. The average molecular weight is 426 g/mol. The number of hydrogen-bond donors (Lipinski definition) is 0. The van der Waals surface area contributed by atoms with Crippen LogP contribution in [0.3, 0.4) is 0 Å². The second kappa shape index (κ2) is 8.50. The molecule has 0 heterocycles. The van der Waals surface area contributed by atoms with Gasteiger partial charge in [-0.3, -0.25) is 0 Å². The molecule has 0 spiro atoms. The lowest BCUT2D eigenvalue weighted by Crippen LogP contribution is -2.15. The van der Waals surface area contributed by atoms with Gasteiger partial charge >= 0.3 is 6.18 Å². The number of aryl methyl sites for hydroxylation is 1. The van der Waals surface area contributed by atoms with E-state index in [-0.39, 0.29) is 29.6 Å². The quantitative estimate of drug-likeness (QED) is 0.349. The van der Waals surface area contributed by atoms with Crippen LogP contribution in [0.25, 0.3) is 17.0 Å². The van der Waals surface area contributed by atoms with E-state index in [2.05, 4.69) is 0 Å². The maximum absolute atomic E-state index is 14.6. The van der Waals surface area contributed by atoms with Crippen LogP contribution in [0.5, 0.6) is 0 Å². The van der Waals surface area contributed by atoms with Crippen molar-refractivity contribution in [2.75, 3.05) is 6.67 Å². The molecule has 7 heteroatoms. The molecule has 0 unspecified atom stereocenters. The van der Waals surface area contributed by atoms with Crippen molar-refractivity contribution in [1.82, 2.24) is 0 Å². The normalized spacial score (nSPS) is 15.5. The lowest BCUT2D eigenvalue weighted by molar-refractivity contribution is -0.0691. The number of alkyl halides is 4. The van der Waals surface area contributed by atoms with Gasteiger partial charge < -0.3 is 0 Å². The fourth-order valence-electron chi connectivity index (χ4n) is 3.35. The van der Waals surface area contributed by atoms with E-state index >= 15 is 0 Å². The molecule has 0 saturated heterocycles. The third-order valence-electron chi connectivity index (χ3n) is 4.99. The fraction of sp³-hybridized carbons (Fsp3) is 0.217. The number of rotatable bonds is 4. The van der Waals surface area contributed by atoms with E-state index in [4.69, 9.17) is 0 Å². The van der Waals surface area contributed by atoms with Gasteiger partial charge in [0.2, 0.25) is 0 Å². The Morgan fingerprint density at radius 2 is 1.63 bits per heavy atom. The van der Waals surface area contributed by atoms with Gasteiger partial charge in [-0.2, -0.15) is 13.2 Å². The molecular weight excluding hydrogens is 409 g/mol. The number of allylic oxidation sites excluding steroid dienone is 5.